The van der Waals surface area contributed by atoms with Crippen molar-refractivity contribution in [1.29, 1.82) is 0 Å². The van der Waals surface area contributed by atoms with Gasteiger partial charge in [-0.3, -0.25) is 0 Å². The van der Waals surface area contributed by atoms with Crippen molar-refractivity contribution in [1.82, 2.24) is 0 Å². The van der Waals surface area contributed by atoms with Crippen LogP contribution in [0, 0.1) is 6.42 Å². The number of para-hydroxylation sites is 1. The number of rotatable bonds is 10. The van der Waals surface area contributed by atoms with E-state index in [0.717, 1.165) is 30.6 Å². The summed E-state index contributed by atoms with van der Waals surface area (Å²) < 4.78 is 5.68. The molecule has 0 aliphatic carbocycles. The van der Waals surface area contributed by atoms with Crippen LogP contribution < -0.4 is 4.74 Å². The molecule has 19 heavy (non-hydrogen) atoms. The third-order valence-electron chi connectivity index (χ3n) is 2.99. The molecular formula is C17H25O2. The molecule has 0 aromatic heterocycles. The van der Waals surface area contributed by atoms with Gasteiger partial charge in [-0.15, -0.1) is 6.58 Å². The number of unbranched alkanes of at least 4 members (excludes halogenated alkanes) is 3. The highest BCUT2D eigenvalue weighted by Crippen LogP contribution is 2.19. The fraction of sp³-hybridized carbons (Fsp3) is 0.471. The Kier molecular flexibility index (Phi) is 7.99. The summed E-state index contributed by atoms with van der Waals surface area (Å²) in [5, 5.41) is 9.83. The molecule has 0 aliphatic rings. The first kappa shape index (κ1) is 15.8. The van der Waals surface area contributed by atoms with Crippen LogP contribution in [-0.2, 0) is 6.42 Å². The van der Waals surface area contributed by atoms with Crippen molar-refractivity contribution in [2.24, 2.45) is 0 Å². The molecule has 0 bridgehead atoms. The zero-order valence-electron chi connectivity index (χ0n) is 11.8. The van der Waals surface area contributed by atoms with E-state index < -0.39 is 6.10 Å². The minimum absolute atomic E-state index is 0.320. The summed E-state index contributed by atoms with van der Waals surface area (Å²) in [4.78, 5) is 0. The number of aliphatic hydroxyl groups is 1. The first-order chi connectivity index (χ1) is 9.27. The van der Waals surface area contributed by atoms with Crippen LogP contribution in [0.1, 0.15) is 38.2 Å². The zero-order chi connectivity index (χ0) is 13.9. The van der Waals surface area contributed by atoms with Gasteiger partial charge in [-0.05, 0) is 30.9 Å². The second-order valence-corrected chi connectivity index (χ2v) is 4.71. The van der Waals surface area contributed by atoms with E-state index >= 15 is 0 Å². The van der Waals surface area contributed by atoms with Crippen molar-refractivity contribution in [3.05, 3.63) is 48.9 Å². The first-order valence-corrected chi connectivity index (χ1v) is 7.11. The van der Waals surface area contributed by atoms with Crippen LogP contribution in [0.4, 0.5) is 0 Å². The summed E-state index contributed by atoms with van der Waals surface area (Å²) >= 11 is 0. The van der Waals surface area contributed by atoms with E-state index in [0.29, 0.717) is 6.61 Å². The number of hydrogen-bond acceptors (Lipinski definition) is 2. The Morgan fingerprint density at radius 2 is 2.11 bits per heavy atom. The van der Waals surface area contributed by atoms with E-state index in [-0.39, 0.29) is 0 Å². The van der Waals surface area contributed by atoms with Crippen molar-refractivity contribution >= 4 is 0 Å². The highest BCUT2D eigenvalue weighted by atomic mass is 16.5. The lowest BCUT2D eigenvalue weighted by Gasteiger charge is -2.14. The molecule has 0 aliphatic heterocycles. The van der Waals surface area contributed by atoms with Crippen LogP contribution in [0.2, 0.25) is 0 Å². The Morgan fingerprint density at radius 1 is 1.32 bits per heavy atom. The van der Waals surface area contributed by atoms with Gasteiger partial charge in [0.1, 0.15) is 12.4 Å². The standard InChI is InChI=1S/C17H25O2/c1-3-5-6-7-12-16(18)14-19-17-13-9-8-11-15(17)10-4-2/h4,8-9,11-13,16,18H,2-3,5-7,10,14H2,1H3. The molecular weight excluding hydrogens is 236 g/mol. The molecule has 1 N–H and O–H groups in total. The molecule has 0 spiro atoms. The van der Waals surface area contributed by atoms with E-state index in [1.807, 2.05) is 36.8 Å². The largest absolute Gasteiger partial charge is 0.491 e. The SMILES string of the molecule is C=CCc1ccccc1OCC(O)[CH]CCCCC. The quantitative estimate of drug-likeness (QED) is 0.510. The Balaban J connectivity index is 2.33. The molecule has 0 saturated carbocycles. The molecule has 1 rings (SSSR count). The van der Waals surface area contributed by atoms with Crippen LogP contribution in [-0.4, -0.2) is 17.8 Å². The van der Waals surface area contributed by atoms with E-state index in [4.69, 9.17) is 4.74 Å². The maximum atomic E-state index is 9.83. The number of hydrogen-bond donors (Lipinski definition) is 1. The molecule has 2 nitrogen and oxygen atoms in total. The second kappa shape index (κ2) is 9.62. The highest BCUT2D eigenvalue weighted by molar-refractivity contribution is 5.34. The molecule has 1 unspecified atom stereocenters. The molecule has 0 amide bonds. The third-order valence-corrected chi connectivity index (χ3v) is 2.99. The molecule has 1 aromatic rings. The van der Waals surface area contributed by atoms with Crippen LogP contribution >= 0.6 is 0 Å². The van der Waals surface area contributed by atoms with Crippen molar-refractivity contribution in [3.63, 3.8) is 0 Å². The predicted molar refractivity (Wildman–Crippen MR) is 80.3 cm³/mol. The smallest absolute Gasteiger partial charge is 0.122 e. The van der Waals surface area contributed by atoms with Crippen LogP contribution in [0.15, 0.2) is 36.9 Å². The summed E-state index contributed by atoms with van der Waals surface area (Å²) in [5.74, 6) is 0.836. The summed E-state index contributed by atoms with van der Waals surface area (Å²) in [6.45, 7) is 6.24. The maximum absolute atomic E-state index is 9.83. The van der Waals surface area contributed by atoms with Crippen molar-refractivity contribution in [2.45, 2.75) is 45.1 Å². The van der Waals surface area contributed by atoms with Crippen LogP contribution in [0.5, 0.6) is 5.75 Å². The summed E-state index contributed by atoms with van der Waals surface area (Å²) in [6.07, 6.45) is 8.59. The van der Waals surface area contributed by atoms with Gasteiger partial charge in [-0.1, -0.05) is 50.5 Å². The Labute approximate surface area is 117 Å². The van der Waals surface area contributed by atoms with Gasteiger partial charge in [0.25, 0.3) is 0 Å². The zero-order valence-corrected chi connectivity index (χ0v) is 11.8. The fourth-order valence-corrected chi connectivity index (χ4v) is 1.92. The fourth-order valence-electron chi connectivity index (χ4n) is 1.92. The van der Waals surface area contributed by atoms with E-state index in [1.54, 1.807) is 0 Å². The molecule has 1 aromatic carbocycles. The van der Waals surface area contributed by atoms with Gasteiger partial charge in [0.15, 0.2) is 0 Å². The molecule has 1 radical (unpaired) electrons. The van der Waals surface area contributed by atoms with Crippen LogP contribution in [0.3, 0.4) is 0 Å². The van der Waals surface area contributed by atoms with Gasteiger partial charge >= 0.3 is 0 Å². The molecule has 0 heterocycles. The van der Waals surface area contributed by atoms with Crippen molar-refractivity contribution in [3.8, 4) is 5.75 Å². The Hall–Kier alpha value is -1.28. The minimum atomic E-state index is -0.492. The lowest BCUT2D eigenvalue weighted by molar-refractivity contribution is 0.128. The average molecular weight is 261 g/mol. The van der Waals surface area contributed by atoms with E-state index in [2.05, 4.69) is 13.5 Å². The second-order valence-electron chi connectivity index (χ2n) is 4.71. The van der Waals surface area contributed by atoms with Crippen molar-refractivity contribution < 1.29 is 9.84 Å². The Bertz CT molecular complexity index is 360. The summed E-state index contributed by atoms with van der Waals surface area (Å²) in [6, 6.07) is 7.88. The lowest BCUT2D eigenvalue weighted by atomic mass is 10.1. The molecule has 105 valence electrons. The first-order valence-electron chi connectivity index (χ1n) is 7.11. The average Bonchev–Trinajstić information content (AvgIpc) is 2.43. The van der Waals surface area contributed by atoms with Crippen LogP contribution in [0.25, 0.3) is 0 Å². The highest BCUT2D eigenvalue weighted by Gasteiger charge is 2.07. The van der Waals surface area contributed by atoms with Gasteiger partial charge in [0, 0.05) is 0 Å². The predicted octanol–water partition coefficient (Wildman–Crippen LogP) is 3.94. The minimum Gasteiger partial charge on any atom is -0.491 e. The summed E-state index contributed by atoms with van der Waals surface area (Å²) in [7, 11) is 0. The van der Waals surface area contributed by atoms with E-state index in [1.165, 1.54) is 12.8 Å². The van der Waals surface area contributed by atoms with Gasteiger partial charge < -0.3 is 9.84 Å². The lowest BCUT2D eigenvalue weighted by Crippen LogP contribution is -2.18. The van der Waals surface area contributed by atoms with Gasteiger partial charge in [0.2, 0.25) is 0 Å². The molecule has 2 heteroatoms. The Morgan fingerprint density at radius 3 is 2.84 bits per heavy atom. The van der Waals surface area contributed by atoms with Gasteiger partial charge in [-0.25, -0.2) is 0 Å². The van der Waals surface area contributed by atoms with E-state index in [9.17, 15) is 5.11 Å². The van der Waals surface area contributed by atoms with Gasteiger partial charge in [0.05, 0.1) is 6.10 Å². The molecule has 1 atom stereocenters. The number of allylic oxidation sites excluding steroid dienone is 1. The number of aliphatic hydroxyl groups excluding tert-OH is 1. The summed E-state index contributed by atoms with van der Waals surface area (Å²) in [5.41, 5.74) is 1.11. The van der Waals surface area contributed by atoms with Gasteiger partial charge in [-0.2, -0.15) is 0 Å². The maximum Gasteiger partial charge on any atom is 0.122 e. The monoisotopic (exact) mass is 261 g/mol. The topological polar surface area (TPSA) is 29.5 Å². The number of benzene rings is 1. The van der Waals surface area contributed by atoms with Crippen molar-refractivity contribution in [2.75, 3.05) is 6.61 Å². The normalized spacial score (nSPS) is 12.1. The third kappa shape index (κ3) is 6.44. The number of ether oxygens (including phenoxy) is 1. The molecule has 0 saturated heterocycles. The molecule has 0 fully saturated rings.